The van der Waals surface area contributed by atoms with Crippen LogP contribution in [0.2, 0.25) is 0 Å². The molecule has 2 aromatic rings. The van der Waals surface area contributed by atoms with E-state index in [0.717, 1.165) is 30.6 Å². The molecule has 0 spiro atoms. The summed E-state index contributed by atoms with van der Waals surface area (Å²) in [5.41, 5.74) is 10.6. The van der Waals surface area contributed by atoms with Crippen LogP contribution in [0.25, 0.3) is 0 Å². The molecular formula is C16H17FN2. The minimum absolute atomic E-state index is 0.218. The summed E-state index contributed by atoms with van der Waals surface area (Å²) >= 11 is 0. The Bertz CT molecular complexity index is 578. The fourth-order valence-electron chi connectivity index (χ4n) is 2.56. The number of anilines is 2. The summed E-state index contributed by atoms with van der Waals surface area (Å²) in [5, 5.41) is 3.29. The fraction of sp³-hybridized carbons (Fsp3) is 0.250. The van der Waals surface area contributed by atoms with Gasteiger partial charge in [0.05, 0.1) is 0 Å². The molecule has 2 nitrogen and oxygen atoms in total. The molecule has 0 saturated heterocycles. The molecule has 0 heterocycles. The third-order valence-electron chi connectivity index (χ3n) is 3.61. The summed E-state index contributed by atoms with van der Waals surface area (Å²) in [5.74, 6) is -0.218. The standard InChI is InChI=1S/C16H17FN2/c17-13-3-7-15(8-4-13)19-16-6-2-11-9-14(18)5-1-12(11)10-16/h2-4,6-8,10,14,19H,1,5,9,18H2/t14-/m0/s1. The Balaban J connectivity index is 1.80. The Hall–Kier alpha value is -1.87. The fourth-order valence-corrected chi connectivity index (χ4v) is 2.56. The third-order valence-corrected chi connectivity index (χ3v) is 3.61. The number of nitrogens with one attached hydrogen (secondary N) is 1. The maximum atomic E-state index is 12.8. The van der Waals surface area contributed by atoms with Crippen LogP contribution in [-0.4, -0.2) is 6.04 Å². The maximum Gasteiger partial charge on any atom is 0.123 e. The number of benzene rings is 2. The molecule has 3 rings (SSSR count). The van der Waals surface area contributed by atoms with Crippen molar-refractivity contribution in [3.8, 4) is 0 Å². The van der Waals surface area contributed by atoms with E-state index in [1.165, 1.54) is 23.3 Å². The van der Waals surface area contributed by atoms with Crippen molar-refractivity contribution in [1.82, 2.24) is 0 Å². The Morgan fingerprint density at radius 1 is 1.00 bits per heavy atom. The minimum atomic E-state index is -0.218. The molecule has 1 atom stereocenters. The summed E-state index contributed by atoms with van der Waals surface area (Å²) in [6.07, 6.45) is 3.05. The second-order valence-corrected chi connectivity index (χ2v) is 5.12. The van der Waals surface area contributed by atoms with Crippen LogP contribution in [-0.2, 0) is 12.8 Å². The molecule has 0 unspecified atom stereocenters. The van der Waals surface area contributed by atoms with Crippen molar-refractivity contribution in [3.05, 3.63) is 59.4 Å². The van der Waals surface area contributed by atoms with Crippen LogP contribution >= 0.6 is 0 Å². The normalized spacial score (nSPS) is 17.9. The van der Waals surface area contributed by atoms with E-state index in [-0.39, 0.29) is 5.82 Å². The smallest absolute Gasteiger partial charge is 0.123 e. The molecule has 3 heteroatoms. The summed E-state index contributed by atoms with van der Waals surface area (Å²) in [6, 6.07) is 13.1. The number of rotatable bonds is 2. The van der Waals surface area contributed by atoms with E-state index in [0.29, 0.717) is 6.04 Å². The van der Waals surface area contributed by atoms with Gasteiger partial charge in [-0.3, -0.25) is 0 Å². The van der Waals surface area contributed by atoms with Gasteiger partial charge < -0.3 is 11.1 Å². The SMILES string of the molecule is N[C@H]1CCc2cc(Nc3ccc(F)cc3)ccc2C1. The van der Waals surface area contributed by atoms with Crippen molar-refractivity contribution < 1.29 is 4.39 Å². The highest BCUT2D eigenvalue weighted by molar-refractivity contribution is 5.61. The van der Waals surface area contributed by atoms with Crippen molar-refractivity contribution in [2.75, 3.05) is 5.32 Å². The van der Waals surface area contributed by atoms with Crippen molar-refractivity contribution in [1.29, 1.82) is 0 Å². The average Bonchev–Trinajstić information content (AvgIpc) is 2.42. The first-order valence-corrected chi connectivity index (χ1v) is 6.61. The number of fused-ring (bicyclic) bond motifs is 1. The van der Waals surface area contributed by atoms with Gasteiger partial charge >= 0.3 is 0 Å². The van der Waals surface area contributed by atoms with E-state index in [4.69, 9.17) is 5.73 Å². The molecule has 0 aliphatic heterocycles. The Morgan fingerprint density at radius 2 is 1.74 bits per heavy atom. The van der Waals surface area contributed by atoms with E-state index in [2.05, 4.69) is 23.5 Å². The van der Waals surface area contributed by atoms with Gasteiger partial charge in [0, 0.05) is 17.4 Å². The second kappa shape index (κ2) is 5.02. The third kappa shape index (κ3) is 2.76. The lowest BCUT2D eigenvalue weighted by molar-refractivity contribution is 0.577. The molecule has 0 fully saturated rings. The summed E-state index contributed by atoms with van der Waals surface area (Å²) in [6.45, 7) is 0. The molecule has 1 aliphatic rings. The molecule has 2 aromatic carbocycles. The molecule has 0 bridgehead atoms. The van der Waals surface area contributed by atoms with Gasteiger partial charge in [0.1, 0.15) is 5.82 Å². The Kier molecular flexibility index (Phi) is 3.22. The van der Waals surface area contributed by atoms with E-state index < -0.39 is 0 Å². The number of halogens is 1. The van der Waals surface area contributed by atoms with Gasteiger partial charge in [-0.2, -0.15) is 0 Å². The first-order valence-electron chi connectivity index (χ1n) is 6.61. The zero-order chi connectivity index (χ0) is 13.2. The lowest BCUT2D eigenvalue weighted by Crippen LogP contribution is -2.27. The van der Waals surface area contributed by atoms with Crippen LogP contribution < -0.4 is 11.1 Å². The van der Waals surface area contributed by atoms with Gasteiger partial charge in [-0.15, -0.1) is 0 Å². The van der Waals surface area contributed by atoms with Crippen LogP contribution in [0.15, 0.2) is 42.5 Å². The quantitative estimate of drug-likeness (QED) is 0.864. The number of hydrogen-bond donors (Lipinski definition) is 2. The predicted molar refractivity (Wildman–Crippen MR) is 76.1 cm³/mol. The van der Waals surface area contributed by atoms with Crippen LogP contribution in [0.1, 0.15) is 17.5 Å². The molecule has 0 saturated carbocycles. The average molecular weight is 256 g/mol. The van der Waals surface area contributed by atoms with Crippen molar-refractivity contribution >= 4 is 11.4 Å². The zero-order valence-electron chi connectivity index (χ0n) is 10.7. The highest BCUT2D eigenvalue weighted by atomic mass is 19.1. The van der Waals surface area contributed by atoms with E-state index in [1.807, 2.05) is 0 Å². The largest absolute Gasteiger partial charge is 0.356 e. The van der Waals surface area contributed by atoms with E-state index in [1.54, 1.807) is 12.1 Å². The molecule has 0 radical (unpaired) electrons. The van der Waals surface area contributed by atoms with Crippen LogP contribution in [0.4, 0.5) is 15.8 Å². The molecule has 19 heavy (non-hydrogen) atoms. The Labute approximate surface area is 112 Å². The van der Waals surface area contributed by atoms with Gasteiger partial charge in [-0.25, -0.2) is 4.39 Å². The molecular weight excluding hydrogens is 239 g/mol. The van der Waals surface area contributed by atoms with E-state index >= 15 is 0 Å². The zero-order valence-corrected chi connectivity index (χ0v) is 10.7. The van der Waals surface area contributed by atoms with Gasteiger partial charge in [-0.1, -0.05) is 6.07 Å². The van der Waals surface area contributed by atoms with Gasteiger partial charge in [-0.05, 0) is 66.8 Å². The van der Waals surface area contributed by atoms with Crippen LogP contribution in [0.3, 0.4) is 0 Å². The second-order valence-electron chi connectivity index (χ2n) is 5.12. The first-order chi connectivity index (χ1) is 9.20. The topological polar surface area (TPSA) is 38.0 Å². The maximum absolute atomic E-state index is 12.8. The van der Waals surface area contributed by atoms with Crippen molar-refractivity contribution in [2.45, 2.75) is 25.3 Å². The van der Waals surface area contributed by atoms with Crippen LogP contribution in [0, 0.1) is 5.82 Å². The Morgan fingerprint density at radius 3 is 2.53 bits per heavy atom. The summed E-state index contributed by atoms with van der Waals surface area (Å²) in [7, 11) is 0. The van der Waals surface area contributed by atoms with Gasteiger partial charge in [0.25, 0.3) is 0 Å². The van der Waals surface area contributed by atoms with Crippen molar-refractivity contribution in [3.63, 3.8) is 0 Å². The summed E-state index contributed by atoms with van der Waals surface area (Å²) in [4.78, 5) is 0. The number of aryl methyl sites for hydroxylation is 1. The summed E-state index contributed by atoms with van der Waals surface area (Å²) < 4.78 is 12.8. The van der Waals surface area contributed by atoms with E-state index in [9.17, 15) is 4.39 Å². The molecule has 1 aliphatic carbocycles. The lowest BCUT2D eigenvalue weighted by atomic mass is 9.88. The monoisotopic (exact) mass is 256 g/mol. The molecule has 3 N–H and O–H groups in total. The highest BCUT2D eigenvalue weighted by Crippen LogP contribution is 2.25. The van der Waals surface area contributed by atoms with Gasteiger partial charge in [0.2, 0.25) is 0 Å². The van der Waals surface area contributed by atoms with Gasteiger partial charge in [0.15, 0.2) is 0 Å². The number of nitrogens with two attached hydrogens (primary N) is 1. The van der Waals surface area contributed by atoms with Crippen molar-refractivity contribution in [2.24, 2.45) is 5.73 Å². The predicted octanol–water partition coefficient (Wildman–Crippen LogP) is 3.39. The number of hydrogen-bond acceptors (Lipinski definition) is 2. The lowest BCUT2D eigenvalue weighted by Gasteiger charge is -2.22. The minimum Gasteiger partial charge on any atom is -0.356 e. The molecule has 98 valence electrons. The van der Waals surface area contributed by atoms with Crippen LogP contribution in [0.5, 0.6) is 0 Å². The first kappa shape index (κ1) is 12.2. The molecule has 0 aromatic heterocycles. The highest BCUT2D eigenvalue weighted by Gasteiger charge is 2.15. The molecule has 0 amide bonds.